The van der Waals surface area contributed by atoms with Gasteiger partial charge in [0.2, 0.25) is 0 Å². The van der Waals surface area contributed by atoms with E-state index in [0.29, 0.717) is 6.04 Å². The van der Waals surface area contributed by atoms with E-state index in [4.69, 9.17) is 4.74 Å². The lowest BCUT2D eigenvalue weighted by atomic mass is 10.0. The third kappa shape index (κ3) is 3.36. The second-order valence-electron chi connectivity index (χ2n) is 6.32. The van der Waals surface area contributed by atoms with Gasteiger partial charge in [-0.25, -0.2) is 0 Å². The van der Waals surface area contributed by atoms with Crippen LogP contribution in [-0.4, -0.2) is 17.3 Å². The molecule has 0 bridgehead atoms. The molecule has 4 nitrogen and oxygen atoms in total. The molecular weight excluding hydrogens is 342 g/mol. The molecule has 4 rings (SSSR count). The zero-order valence-corrected chi connectivity index (χ0v) is 15.6. The molecule has 0 aliphatic carbocycles. The first kappa shape index (κ1) is 16.8. The Labute approximate surface area is 156 Å². The third-order valence-electron chi connectivity index (χ3n) is 4.62. The minimum Gasteiger partial charge on any atom is -0.497 e. The molecule has 0 saturated heterocycles. The van der Waals surface area contributed by atoms with E-state index in [1.165, 1.54) is 21.2 Å². The van der Waals surface area contributed by atoms with Crippen LogP contribution in [0.5, 0.6) is 5.75 Å². The number of thiophene rings is 1. The third-order valence-corrected chi connectivity index (χ3v) is 5.68. The number of benzene rings is 2. The van der Waals surface area contributed by atoms with Crippen molar-refractivity contribution in [2.75, 3.05) is 7.11 Å². The lowest BCUT2D eigenvalue weighted by Crippen LogP contribution is -2.17. The van der Waals surface area contributed by atoms with Crippen molar-refractivity contribution in [1.29, 1.82) is 0 Å². The van der Waals surface area contributed by atoms with Crippen molar-refractivity contribution in [1.82, 2.24) is 15.5 Å². The maximum atomic E-state index is 5.31. The summed E-state index contributed by atoms with van der Waals surface area (Å²) < 4.78 is 5.31. The van der Waals surface area contributed by atoms with Crippen LogP contribution < -0.4 is 10.1 Å². The highest BCUT2D eigenvalue weighted by Gasteiger charge is 2.11. The molecule has 0 aliphatic heterocycles. The molecular formula is C21H21N3OS. The van der Waals surface area contributed by atoms with E-state index in [2.05, 4.69) is 70.3 Å². The van der Waals surface area contributed by atoms with Crippen molar-refractivity contribution in [2.24, 2.45) is 0 Å². The largest absolute Gasteiger partial charge is 0.497 e. The van der Waals surface area contributed by atoms with Gasteiger partial charge < -0.3 is 10.1 Å². The monoisotopic (exact) mass is 363 g/mol. The molecule has 0 saturated carbocycles. The standard InChI is InChI=1S/C21H21N3OS/c1-14(20-4-3-9-26-20)22-12-18-13-23-24-21(18)17-6-5-16-11-19(25-2)8-7-15(16)10-17/h3-11,13-14,22H,12H2,1-2H3,(H,23,24)/t14-/m0/s1. The van der Waals surface area contributed by atoms with Gasteiger partial charge in [0.25, 0.3) is 0 Å². The number of ether oxygens (including phenoxy) is 1. The lowest BCUT2D eigenvalue weighted by Gasteiger charge is -2.12. The minimum atomic E-state index is 0.321. The Morgan fingerprint density at radius 3 is 2.81 bits per heavy atom. The van der Waals surface area contributed by atoms with Gasteiger partial charge >= 0.3 is 0 Å². The first-order chi connectivity index (χ1) is 12.7. The van der Waals surface area contributed by atoms with Gasteiger partial charge in [-0.1, -0.05) is 24.3 Å². The number of aromatic amines is 1. The Morgan fingerprint density at radius 1 is 1.15 bits per heavy atom. The molecule has 1 atom stereocenters. The highest BCUT2D eigenvalue weighted by Crippen LogP contribution is 2.28. The average Bonchev–Trinajstić information content (AvgIpc) is 3.37. The van der Waals surface area contributed by atoms with E-state index in [0.717, 1.165) is 23.6 Å². The smallest absolute Gasteiger partial charge is 0.119 e. The summed E-state index contributed by atoms with van der Waals surface area (Å²) in [5.41, 5.74) is 3.37. The molecule has 132 valence electrons. The fourth-order valence-corrected chi connectivity index (χ4v) is 3.86. The number of hydrogen-bond donors (Lipinski definition) is 2. The molecule has 2 aromatic heterocycles. The Balaban J connectivity index is 1.57. The SMILES string of the molecule is COc1ccc2cc(-c3[nH]ncc3CN[C@@H](C)c3cccs3)ccc2c1. The summed E-state index contributed by atoms with van der Waals surface area (Å²) in [6, 6.07) is 17.1. The molecule has 4 aromatic rings. The van der Waals surface area contributed by atoms with Crippen LogP contribution in [0.1, 0.15) is 23.4 Å². The molecule has 2 N–H and O–H groups in total. The van der Waals surface area contributed by atoms with Gasteiger partial charge in [0.1, 0.15) is 5.75 Å². The normalized spacial score (nSPS) is 12.4. The second kappa shape index (κ2) is 7.32. The second-order valence-corrected chi connectivity index (χ2v) is 7.30. The summed E-state index contributed by atoms with van der Waals surface area (Å²) in [7, 11) is 1.69. The van der Waals surface area contributed by atoms with E-state index < -0.39 is 0 Å². The van der Waals surface area contributed by atoms with Gasteiger partial charge in [0.15, 0.2) is 0 Å². The summed E-state index contributed by atoms with van der Waals surface area (Å²) in [5, 5.41) is 15.5. The van der Waals surface area contributed by atoms with Gasteiger partial charge in [0, 0.05) is 28.6 Å². The predicted octanol–water partition coefficient (Wildman–Crippen LogP) is 5.15. The predicted molar refractivity (Wildman–Crippen MR) is 108 cm³/mol. The Morgan fingerprint density at radius 2 is 2.00 bits per heavy atom. The van der Waals surface area contributed by atoms with Gasteiger partial charge in [-0.3, -0.25) is 5.10 Å². The van der Waals surface area contributed by atoms with Crippen molar-refractivity contribution < 1.29 is 4.74 Å². The molecule has 0 unspecified atom stereocenters. The molecule has 0 radical (unpaired) electrons. The summed E-state index contributed by atoms with van der Waals surface area (Å²) in [5.74, 6) is 0.874. The van der Waals surface area contributed by atoms with Gasteiger partial charge in [-0.15, -0.1) is 11.3 Å². The number of H-pyrrole nitrogens is 1. The molecule has 0 aliphatic rings. The summed E-state index contributed by atoms with van der Waals surface area (Å²) in [6.07, 6.45) is 1.90. The molecule has 0 fully saturated rings. The van der Waals surface area contributed by atoms with Crippen LogP contribution in [0.2, 0.25) is 0 Å². The average molecular weight is 363 g/mol. The van der Waals surface area contributed by atoms with Crippen LogP contribution in [-0.2, 0) is 6.54 Å². The maximum Gasteiger partial charge on any atom is 0.119 e. The highest BCUT2D eigenvalue weighted by molar-refractivity contribution is 7.10. The highest BCUT2D eigenvalue weighted by atomic mass is 32.1. The molecule has 5 heteroatoms. The van der Waals surface area contributed by atoms with Crippen molar-refractivity contribution in [3.8, 4) is 17.0 Å². The Kier molecular flexibility index (Phi) is 4.73. The summed E-state index contributed by atoms with van der Waals surface area (Å²) in [6.45, 7) is 2.96. The van der Waals surface area contributed by atoms with Gasteiger partial charge in [-0.05, 0) is 47.3 Å². The molecule has 2 aromatic carbocycles. The molecule has 0 amide bonds. The zero-order valence-electron chi connectivity index (χ0n) is 14.8. The van der Waals surface area contributed by atoms with Gasteiger partial charge in [0.05, 0.1) is 19.0 Å². The molecule has 0 spiro atoms. The summed E-state index contributed by atoms with van der Waals surface area (Å²) >= 11 is 1.78. The van der Waals surface area contributed by atoms with Crippen molar-refractivity contribution in [3.63, 3.8) is 0 Å². The Hall–Kier alpha value is -2.63. The van der Waals surface area contributed by atoms with Crippen LogP contribution in [0.15, 0.2) is 60.1 Å². The van der Waals surface area contributed by atoms with Crippen LogP contribution >= 0.6 is 11.3 Å². The molecule has 2 heterocycles. The lowest BCUT2D eigenvalue weighted by molar-refractivity contribution is 0.415. The minimum absolute atomic E-state index is 0.321. The van der Waals surface area contributed by atoms with Gasteiger partial charge in [-0.2, -0.15) is 5.10 Å². The molecule has 26 heavy (non-hydrogen) atoms. The number of nitrogens with zero attached hydrogens (tertiary/aromatic N) is 1. The van der Waals surface area contributed by atoms with Crippen molar-refractivity contribution in [2.45, 2.75) is 19.5 Å². The Bertz CT molecular complexity index is 1010. The van der Waals surface area contributed by atoms with Crippen LogP contribution in [0, 0.1) is 0 Å². The van der Waals surface area contributed by atoms with E-state index in [1.54, 1.807) is 18.4 Å². The number of hydrogen-bond acceptors (Lipinski definition) is 4. The first-order valence-electron chi connectivity index (χ1n) is 8.62. The van der Waals surface area contributed by atoms with E-state index >= 15 is 0 Å². The first-order valence-corrected chi connectivity index (χ1v) is 9.50. The van der Waals surface area contributed by atoms with E-state index in [9.17, 15) is 0 Å². The number of nitrogens with one attached hydrogen (secondary N) is 2. The fraction of sp³-hybridized carbons (Fsp3) is 0.190. The van der Waals surface area contributed by atoms with Crippen molar-refractivity contribution in [3.05, 3.63) is 70.5 Å². The van der Waals surface area contributed by atoms with E-state index in [1.807, 2.05) is 12.3 Å². The number of fused-ring (bicyclic) bond motifs is 1. The number of methoxy groups -OCH3 is 1. The zero-order chi connectivity index (χ0) is 17.9. The topological polar surface area (TPSA) is 49.9 Å². The van der Waals surface area contributed by atoms with E-state index in [-0.39, 0.29) is 0 Å². The number of rotatable bonds is 6. The van der Waals surface area contributed by atoms with Crippen LogP contribution in [0.3, 0.4) is 0 Å². The fourth-order valence-electron chi connectivity index (χ4n) is 3.10. The quantitative estimate of drug-likeness (QED) is 0.498. The van der Waals surface area contributed by atoms with Crippen LogP contribution in [0.4, 0.5) is 0 Å². The summed E-state index contributed by atoms with van der Waals surface area (Å²) in [4.78, 5) is 1.34. The van der Waals surface area contributed by atoms with Crippen molar-refractivity contribution >= 4 is 22.1 Å². The maximum absolute atomic E-state index is 5.31. The van der Waals surface area contributed by atoms with Crippen LogP contribution in [0.25, 0.3) is 22.0 Å². The number of aromatic nitrogens is 2.